The van der Waals surface area contributed by atoms with Crippen LogP contribution in [0.1, 0.15) is 17.4 Å². The van der Waals surface area contributed by atoms with Gasteiger partial charge in [0.25, 0.3) is 0 Å². The van der Waals surface area contributed by atoms with Crippen molar-refractivity contribution in [3.05, 3.63) is 64.4 Å². The molecule has 0 saturated carbocycles. The minimum atomic E-state index is -0.624. The first kappa shape index (κ1) is 18.8. The molecule has 0 aliphatic carbocycles. The highest BCUT2D eigenvalue weighted by Gasteiger charge is 2.07. The Kier molecular flexibility index (Phi) is 6.57. The van der Waals surface area contributed by atoms with E-state index in [1.807, 2.05) is 36.6 Å². The smallest absolute Gasteiger partial charge is 0.129 e. The summed E-state index contributed by atoms with van der Waals surface area (Å²) in [7, 11) is 0. The number of aryl methyl sites for hydroxylation is 1. The van der Waals surface area contributed by atoms with Crippen molar-refractivity contribution in [3.63, 3.8) is 0 Å². The zero-order valence-corrected chi connectivity index (χ0v) is 15.9. The molecule has 0 spiro atoms. The van der Waals surface area contributed by atoms with Crippen molar-refractivity contribution < 1.29 is 9.84 Å². The molecule has 3 rings (SSSR count). The van der Waals surface area contributed by atoms with E-state index >= 15 is 0 Å². The Morgan fingerprint density at radius 2 is 2.04 bits per heavy atom. The van der Waals surface area contributed by atoms with Crippen LogP contribution in [0, 0.1) is 6.92 Å². The maximum Gasteiger partial charge on any atom is 0.129 e. The van der Waals surface area contributed by atoms with E-state index < -0.39 is 6.10 Å². The summed E-state index contributed by atoms with van der Waals surface area (Å²) in [6.45, 7) is 3.56. The molecule has 0 bridgehead atoms. The third-order valence-electron chi connectivity index (χ3n) is 3.74. The number of hydrogen-bond acceptors (Lipinski definition) is 6. The van der Waals surface area contributed by atoms with Crippen molar-refractivity contribution >= 4 is 22.9 Å². The maximum atomic E-state index is 10.1. The Balaban J connectivity index is 1.39. The molecular weight excluding hydrogens is 370 g/mol. The van der Waals surface area contributed by atoms with Gasteiger partial charge in [-0.1, -0.05) is 17.7 Å². The number of halogens is 1. The number of pyridine rings is 1. The van der Waals surface area contributed by atoms with Crippen LogP contribution < -0.4 is 10.1 Å². The summed E-state index contributed by atoms with van der Waals surface area (Å²) >= 11 is 7.38. The topological polar surface area (TPSA) is 67.3 Å². The molecule has 7 heteroatoms. The Morgan fingerprint density at radius 3 is 2.69 bits per heavy atom. The Labute approximate surface area is 161 Å². The molecule has 136 valence electrons. The highest BCUT2D eigenvalue weighted by Crippen LogP contribution is 2.25. The lowest BCUT2D eigenvalue weighted by atomic mass is 10.1. The fraction of sp³-hybridized carbons (Fsp3) is 0.263. The van der Waals surface area contributed by atoms with Gasteiger partial charge in [0.05, 0.1) is 6.10 Å². The molecule has 2 aromatic heterocycles. The molecular formula is C19H20ClN3O2S. The molecule has 0 saturated heterocycles. The lowest BCUT2D eigenvalue weighted by Gasteiger charge is -2.12. The van der Waals surface area contributed by atoms with Crippen molar-refractivity contribution in [2.24, 2.45) is 0 Å². The summed E-state index contributed by atoms with van der Waals surface area (Å²) in [6, 6.07) is 11.3. The lowest BCUT2D eigenvalue weighted by Crippen LogP contribution is -2.26. The number of aromatic nitrogens is 2. The molecule has 0 radical (unpaired) electrons. The van der Waals surface area contributed by atoms with Gasteiger partial charge < -0.3 is 15.2 Å². The first-order valence-corrected chi connectivity index (χ1v) is 9.53. The second-order valence-electron chi connectivity index (χ2n) is 5.80. The molecule has 5 nitrogen and oxygen atoms in total. The van der Waals surface area contributed by atoms with Crippen LogP contribution in [-0.2, 0) is 0 Å². The lowest BCUT2D eigenvalue weighted by molar-refractivity contribution is 0.171. The minimum absolute atomic E-state index is 0.415. The van der Waals surface area contributed by atoms with E-state index in [1.165, 1.54) is 0 Å². The summed E-state index contributed by atoms with van der Waals surface area (Å²) in [5.41, 5.74) is 2.86. The SMILES string of the molecule is Cc1csc(-c2ccc(OCCNC[C@H](O)c3ccc(Cl)nc3)cc2)n1. The standard InChI is InChI=1S/C19H20ClN3O2S/c1-13-12-26-19(23-13)14-2-5-16(6-3-14)25-9-8-21-11-17(24)15-4-7-18(20)22-10-15/h2-7,10,12,17,21,24H,8-9,11H2,1H3/t17-/m0/s1. The van der Waals surface area contributed by atoms with E-state index in [0.717, 1.165) is 27.6 Å². The van der Waals surface area contributed by atoms with Gasteiger partial charge in [0.1, 0.15) is 22.5 Å². The number of aliphatic hydroxyl groups excluding tert-OH is 1. The van der Waals surface area contributed by atoms with Crippen molar-refractivity contribution in [1.82, 2.24) is 15.3 Å². The molecule has 2 heterocycles. The van der Waals surface area contributed by atoms with E-state index in [2.05, 4.69) is 15.3 Å². The summed E-state index contributed by atoms with van der Waals surface area (Å²) in [5, 5.41) is 16.7. The Morgan fingerprint density at radius 1 is 1.23 bits per heavy atom. The van der Waals surface area contributed by atoms with Gasteiger partial charge in [-0.2, -0.15) is 0 Å². The van der Waals surface area contributed by atoms with Gasteiger partial charge in [0.15, 0.2) is 0 Å². The van der Waals surface area contributed by atoms with Crippen LogP contribution in [0.2, 0.25) is 5.15 Å². The van der Waals surface area contributed by atoms with Crippen molar-refractivity contribution in [2.75, 3.05) is 19.7 Å². The first-order valence-electron chi connectivity index (χ1n) is 8.27. The molecule has 0 fully saturated rings. The van der Waals surface area contributed by atoms with Crippen molar-refractivity contribution in [1.29, 1.82) is 0 Å². The van der Waals surface area contributed by atoms with E-state index in [-0.39, 0.29) is 0 Å². The minimum Gasteiger partial charge on any atom is -0.492 e. The van der Waals surface area contributed by atoms with Crippen molar-refractivity contribution in [3.8, 4) is 16.3 Å². The zero-order valence-electron chi connectivity index (χ0n) is 14.4. The quantitative estimate of drug-likeness (QED) is 0.452. The number of nitrogens with zero attached hydrogens (tertiary/aromatic N) is 2. The van der Waals surface area contributed by atoms with Gasteiger partial charge in [-0.25, -0.2) is 9.97 Å². The molecule has 3 aromatic rings. The fourth-order valence-corrected chi connectivity index (χ4v) is 3.28. The van der Waals surface area contributed by atoms with Crippen LogP contribution in [-0.4, -0.2) is 34.8 Å². The summed E-state index contributed by atoms with van der Waals surface area (Å²) in [4.78, 5) is 8.44. The first-order chi connectivity index (χ1) is 12.6. The largest absolute Gasteiger partial charge is 0.492 e. The molecule has 0 aliphatic heterocycles. The Bertz CT molecular complexity index is 822. The highest BCUT2D eigenvalue weighted by molar-refractivity contribution is 7.13. The average molecular weight is 390 g/mol. The predicted molar refractivity (Wildman–Crippen MR) is 105 cm³/mol. The summed E-state index contributed by atoms with van der Waals surface area (Å²) < 4.78 is 5.71. The van der Waals surface area contributed by atoms with Gasteiger partial charge in [0, 0.05) is 41.5 Å². The molecule has 0 amide bonds. The van der Waals surface area contributed by atoms with Crippen LogP contribution >= 0.6 is 22.9 Å². The van der Waals surface area contributed by atoms with Crippen LogP contribution in [0.3, 0.4) is 0 Å². The van der Waals surface area contributed by atoms with E-state index in [4.69, 9.17) is 16.3 Å². The number of ether oxygens (including phenoxy) is 1. The fourth-order valence-electron chi connectivity index (χ4n) is 2.36. The molecule has 26 heavy (non-hydrogen) atoms. The van der Waals surface area contributed by atoms with Gasteiger partial charge in [-0.15, -0.1) is 11.3 Å². The van der Waals surface area contributed by atoms with Gasteiger partial charge in [-0.05, 0) is 37.3 Å². The normalized spacial score (nSPS) is 12.1. The second-order valence-corrected chi connectivity index (χ2v) is 7.05. The van der Waals surface area contributed by atoms with E-state index in [9.17, 15) is 5.11 Å². The maximum absolute atomic E-state index is 10.1. The van der Waals surface area contributed by atoms with Gasteiger partial charge >= 0.3 is 0 Å². The summed E-state index contributed by atoms with van der Waals surface area (Å²) in [6.07, 6.45) is 0.956. The number of nitrogens with one attached hydrogen (secondary N) is 1. The van der Waals surface area contributed by atoms with Gasteiger partial charge in [0.2, 0.25) is 0 Å². The predicted octanol–water partition coefficient (Wildman–Crippen LogP) is 3.87. The molecule has 1 aromatic carbocycles. The van der Waals surface area contributed by atoms with Crippen molar-refractivity contribution in [2.45, 2.75) is 13.0 Å². The molecule has 0 aliphatic rings. The van der Waals surface area contributed by atoms with E-state index in [1.54, 1.807) is 29.7 Å². The number of benzene rings is 1. The van der Waals surface area contributed by atoms with E-state index in [0.29, 0.717) is 24.8 Å². The second kappa shape index (κ2) is 9.09. The molecule has 2 N–H and O–H groups in total. The van der Waals surface area contributed by atoms with Crippen LogP contribution in [0.15, 0.2) is 48.0 Å². The number of aliphatic hydroxyl groups is 1. The highest BCUT2D eigenvalue weighted by atomic mass is 35.5. The van der Waals surface area contributed by atoms with Crippen LogP contribution in [0.5, 0.6) is 5.75 Å². The third kappa shape index (κ3) is 5.25. The average Bonchev–Trinajstić information content (AvgIpc) is 3.09. The number of hydrogen-bond donors (Lipinski definition) is 2. The van der Waals surface area contributed by atoms with Gasteiger partial charge in [-0.3, -0.25) is 0 Å². The molecule has 0 unspecified atom stereocenters. The number of rotatable bonds is 8. The third-order valence-corrected chi connectivity index (χ3v) is 4.97. The summed E-state index contributed by atoms with van der Waals surface area (Å²) in [5.74, 6) is 0.811. The molecule has 1 atom stereocenters. The van der Waals surface area contributed by atoms with Crippen LogP contribution in [0.4, 0.5) is 0 Å². The Hall–Kier alpha value is -1.99. The number of thiazole rings is 1. The van der Waals surface area contributed by atoms with Crippen LogP contribution in [0.25, 0.3) is 10.6 Å². The zero-order chi connectivity index (χ0) is 18.4. The monoisotopic (exact) mass is 389 g/mol.